The third-order valence-corrected chi connectivity index (χ3v) is 4.31. The lowest BCUT2D eigenvalue weighted by molar-refractivity contribution is -0.860. The number of thiocarbonyl (C=S) groups is 1. The number of likely N-dealkylation sites (N-methyl/N-ethyl adjacent to an activating group) is 1. The second-order valence-electron chi connectivity index (χ2n) is 6.41. The quantitative estimate of drug-likeness (QED) is 0.714. The molecule has 5 heteroatoms. The van der Waals surface area contributed by atoms with Crippen LogP contribution in [0.2, 0.25) is 5.02 Å². The van der Waals surface area contributed by atoms with Crippen molar-refractivity contribution < 1.29 is 4.90 Å². The predicted octanol–water partition coefficient (Wildman–Crippen LogP) is 3.13. The molecule has 0 aliphatic carbocycles. The van der Waals surface area contributed by atoms with Gasteiger partial charge < -0.3 is 15.5 Å². The van der Waals surface area contributed by atoms with Crippen molar-refractivity contribution in [2.75, 3.05) is 26.0 Å². The van der Waals surface area contributed by atoms with Crippen molar-refractivity contribution in [3.05, 3.63) is 64.2 Å². The van der Waals surface area contributed by atoms with E-state index >= 15 is 0 Å². The van der Waals surface area contributed by atoms with Gasteiger partial charge in [0.25, 0.3) is 0 Å². The lowest BCUT2D eigenvalue weighted by atomic mass is 10.1. The normalized spacial score (nSPS) is 12.1. The molecule has 3 nitrogen and oxygen atoms in total. The predicted molar refractivity (Wildman–Crippen MR) is 107 cm³/mol. The zero-order chi connectivity index (χ0) is 17.7. The highest BCUT2D eigenvalue weighted by atomic mass is 35.5. The van der Waals surface area contributed by atoms with Crippen molar-refractivity contribution in [1.82, 2.24) is 5.32 Å². The van der Waals surface area contributed by atoms with Crippen LogP contribution in [0.1, 0.15) is 22.7 Å². The van der Waals surface area contributed by atoms with Crippen LogP contribution in [0, 0.1) is 13.8 Å². The maximum atomic E-state index is 6.36. The second kappa shape index (κ2) is 8.47. The van der Waals surface area contributed by atoms with Crippen molar-refractivity contribution in [1.29, 1.82) is 0 Å². The second-order valence-corrected chi connectivity index (χ2v) is 7.23. The molecule has 0 radical (unpaired) electrons. The molecule has 0 heterocycles. The Kier molecular flexibility index (Phi) is 6.60. The summed E-state index contributed by atoms with van der Waals surface area (Å²) in [6, 6.07) is 14.5. The zero-order valence-corrected chi connectivity index (χ0v) is 16.2. The molecule has 0 unspecified atom stereocenters. The molecule has 0 spiro atoms. The number of hydrogen-bond donors (Lipinski definition) is 3. The van der Waals surface area contributed by atoms with Crippen LogP contribution in [-0.4, -0.2) is 25.8 Å². The monoisotopic (exact) mass is 362 g/mol. The summed E-state index contributed by atoms with van der Waals surface area (Å²) in [6.07, 6.45) is 0. The first kappa shape index (κ1) is 18.7. The van der Waals surface area contributed by atoms with E-state index in [4.69, 9.17) is 23.8 Å². The van der Waals surface area contributed by atoms with E-state index in [1.165, 1.54) is 10.5 Å². The van der Waals surface area contributed by atoms with Gasteiger partial charge in [-0.2, -0.15) is 0 Å². The maximum absolute atomic E-state index is 6.36. The van der Waals surface area contributed by atoms with Crippen LogP contribution in [0.15, 0.2) is 42.5 Å². The van der Waals surface area contributed by atoms with Crippen LogP contribution in [0.5, 0.6) is 0 Å². The summed E-state index contributed by atoms with van der Waals surface area (Å²) in [5, 5.41) is 7.95. The van der Waals surface area contributed by atoms with Gasteiger partial charge in [-0.15, -0.1) is 0 Å². The van der Waals surface area contributed by atoms with E-state index in [1.807, 2.05) is 38.1 Å². The Hall–Kier alpha value is -1.62. The van der Waals surface area contributed by atoms with Gasteiger partial charge in [0.05, 0.1) is 24.8 Å². The van der Waals surface area contributed by atoms with E-state index in [0.29, 0.717) is 10.1 Å². The summed E-state index contributed by atoms with van der Waals surface area (Å²) in [6.45, 7) is 4.99. The fraction of sp³-hybridized carbons (Fsp3) is 0.316. The average Bonchev–Trinajstić information content (AvgIpc) is 2.50. The van der Waals surface area contributed by atoms with Crippen LogP contribution >= 0.6 is 23.8 Å². The highest BCUT2D eigenvalue weighted by Crippen LogP contribution is 2.27. The SMILES string of the molecule is Cc1cc(C)c(NC(=S)N[C@H](C[NH+](C)C)c2ccccc2)c(Cl)c1. The molecule has 128 valence electrons. The molecule has 0 amide bonds. The smallest absolute Gasteiger partial charge is 0.171 e. The van der Waals surface area contributed by atoms with E-state index < -0.39 is 0 Å². The van der Waals surface area contributed by atoms with Crippen LogP contribution in [0.3, 0.4) is 0 Å². The minimum absolute atomic E-state index is 0.140. The number of halogens is 1. The van der Waals surface area contributed by atoms with Crippen LogP contribution in [0.4, 0.5) is 5.69 Å². The van der Waals surface area contributed by atoms with Crippen molar-refractivity contribution in [3.63, 3.8) is 0 Å². The lowest BCUT2D eigenvalue weighted by Gasteiger charge is -2.23. The Morgan fingerprint density at radius 1 is 1.17 bits per heavy atom. The number of hydrogen-bond acceptors (Lipinski definition) is 1. The molecule has 0 saturated carbocycles. The summed E-state index contributed by atoms with van der Waals surface area (Å²) in [5.74, 6) is 0. The topological polar surface area (TPSA) is 28.5 Å². The molecule has 0 aliphatic heterocycles. The van der Waals surface area contributed by atoms with E-state index in [-0.39, 0.29) is 6.04 Å². The Morgan fingerprint density at radius 3 is 2.42 bits per heavy atom. The fourth-order valence-corrected chi connectivity index (χ4v) is 3.34. The summed E-state index contributed by atoms with van der Waals surface area (Å²) in [5.41, 5.74) is 4.30. The third-order valence-electron chi connectivity index (χ3n) is 3.79. The number of aryl methyl sites for hydroxylation is 2. The van der Waals surface area contributed by atoms with Gasteiger partial charge in [0.1, 0.15) is 12.6 Å². The van der Waals surface area contributed by atoms with Gasteiger partial charge in [0.2, 0.25) is 0 Å². The fourth-order valence-electron chi connectivity index (χ4n) is 2.73. The molecule has 0 fully saturated rings. The summed E-state index contributed by atoms with van der Waals surface area (Å²) in [7, 11) is 4.27. The maximum Gasteiger partial charge on any atom is 0.171 e. The van der Waals surface area contributed by atoms with Crippen molar-refractivity contribution in [2.24, 2.45) is 0 Å². The number of benzene rings is 2. The molecule has 1 atom stereocenters. The highest BCUT2D eigenvalue weighted by Gasteiger charge is 2.17. The van der Waals surface area contributed by atoms with E-state index in [9.17, 15) is 0 Å². The van der Waals surface area contributed by atoms with Gasteiger partial charge in [0.15, 0.2) is 5.11 Å². The Balaban J connectivity index is 2.14. The van der Waals surface area contributed by atoms with Gasteiger partial charge in [-0.3, -0.25) is 0 Å². The molecule has 0 aliphatic rings. The lowest BCUT2D eigenvalue weighted by Crippen LogP contribution is -3.06. The molecule has 2 aromatic carbocycles. The number of anilines is 1. The third kappa shape index (κ3) is 5.20. The Bertz CT molecular complexity index is 678. The van der Waals surface area contributed by atoms with Gasteiger partial charge in [-0.05, 0) is 48.8 Å². The average molecular weight is 363 g/mol. The molecule has 0 aromatic heterocycles. The molecule has 3 N–H and O–H groups in total. The molecule has 2 rings (SSSR count). The van der Waals surface area contributed by atoms with Gasteiger partial charge in [-0.25, -0.2) is 0 Å². The minimum Gasteiger partial charge on any atom is -0.350 e. The molecular weight excluding hydrogens is 338 g/mol. The van der Waals surface area contributed by atoms with Crippen LogP contribution in [-0.2, 0) is 0 Å². The summed E-state index contributed by atoms with van der Waals surface area (Å²) >= 11 is 11.9. The highest BCUT2D eigenvalue weighted by molar-refractivity contribution is 7.80. The largest absolute Gasteiger partial charge is 0.350 e. The standard InChI is InChI=1S/C19H24ClN3S/c1-13-10-14(2)18(16(20)11-13)22-19(24)21-17(12-23(3)4)15-8-6-5-7-9-15/h5-11,17H,12H2,1-4H3,(H2,21,22,24)/p+1/t17-/m1/s1. The molecular formula is C19H25ClN3S+. The summed E-state index contributed by atoms with van der Waals surface area (Å²) < 4.78 is 0. The van der Waals surface area contributed by atoms with E-state index in [1.54, 1.807) is 0 Å². The first-order valence-corrected chi connectivity index (χ1v) is 8.83. The van der Waals surface area contributed by atoms with Crippen LogP contribution in [0.25, 0.3) is 0 Å². The van der Waals surface area contributed by atoms with E-state index in [2.05, 4.69) is 42.9 Å². The number of rotatable bonds is 5. The van der Waals surface area contributed by atoms with Crippen molar-refractivity contribution in [2.45, 2.75) is 19.9 Å². The molecule has 0 bridgehead atoms. The van der Waals surface area contributed by atoms with Crippen molar-refractivity contribution in [3.8, 4) is 0 Å². The van der Waals surface area contributed by atoms with Crippen LogP contribution < -0.4 is 15.5 Å². The zero-order valence-electron chi connectivity index (χ0n) is 14.6. The first-order chi connectivity index (χ1) is 11.4. The van der Waals surface area contributed by atoms with Gasteiger partial charge in [-0.1, -0.05) is 48.0 Å². The first-order valence-electron chi connectivity index (χ1n) is 8.05. The molecule has 24 heavy (non-hydrogen) atoms. The van der Waals surface area contributed by atoms with E-state index in [0.717, 1.165) is 23.4 Å². The molecule has 2 aromatic rings. The summed E-state index contributed by atoms with van der Waals surface area (Å²) in [4.78, 5) is 1.35. The number of nitrogens with one attached hydrogen (secondary N) is 3. The van der Waals surface area contributed by atoms with Gasteiger partial charge >= 0.3 is 0 Å². The Labute approximate surface area is 155 Å². The Morgan fingerprint density at radius 2 is 1.83 bits per heavy atom. The number of quaternary nitrogens is 1. The minimum atomic E-state index is 0.140. The van der Waals surface area contributed by atoms with Gasteiger partial charge in [0, 0.05) is 0 Å². The molecule has 0 saturated heterocycles. The van der Waals surface area contributed by atoms with Crippen molar-refractivity contribution >= 4 is 34.6 Å².